The fraction of sp³-hybridized carbons (Fsp3) is 0.400. The Bertz CT molecular complexity index is 656. The molecule has 0 fully saturated rings. The SMILES string of the molecule is Cc1ccnc(C[C@@H](C)N(C)C(=O)c2cc(C(F)F)[nH]n2)c1. The van der Waals surface area contributed by atoms with Crippen molar-refractivity contribution in [3.63, 3.8) is 0 Å². The van der Waals surface area contributed by atoms with Gasteiger partial charge in [-0.2, -0.15) is 5.10 Å². The Kier molecular flexibility index (Phi) is 4.85. The average molecular weight is 308 g/mol. The molecule has 118 valence electrons. The van der Waals surface area contributed by atoms with Gasteiger partial charge in [-0.15, -0.1) is 0 Å². The van der Waals surface area contributed by atoms with E-state index in [0.717, 1.165) is 17.3 Å². The number of nitrogens with one attached hydrogen (secondary N) is 1. The zero-order valence-corrected chi connectivity index (χ0v) is 12.7. The van der Waals surface area contributed by atoms with E-state index in [1.54, 1.807) is 13.2 Å². The van der Waals surface area contributed by atoms with Crippen LogP contribution >= 0.6 is 0 Å². The number of aromatic amines is 1. The van der Waals surface area contributed by atoms with Gasteiger partial charge in [0.1, 0.15) is 5.69 Å². The third-order valence-electron chi connectivity index (χ3n) is 3.51. The number of amides is 1. The first-order valence-corrected chi connectivity index (χ1v) is 6.90. The quantitative estimate of drug-likeness (QED) is 0.924. The number of H-pyrrole nitrogens is 1. The Labute approximate surface area is 127 Å². The predicted molar refractivity (Wildman–Crippen MR) is 77.8 cm³/mol. The Hall–Kier alpha value is -2.31. The molecule has 2 heterocycles. The molecule has 0 aliphatic rings. The molecule has 0 saturated carbocycles. The average Bonchev–Trinajstić information content (AvgIpc) is 2.95. The molecule has 0 aliphatic heterocycles. The number of hydrogen-bond acceptors (Lipinski definition) is 3. The van der Waals surface area contributed by atoms with Crippen LogP contribution in [0.15, 0.2) is 24.4 Å². The van der Waals surface area contributed by atoms with Gasteiger partial charge in [-0.05, 0) is 37.6 Å². The number of carbonyl (C=O) groups is 1. The molecule has 2 aromatic heterocycles. The number of rotatable bonds is 5. The zero-order chi connectivity index (χ0) is 16.3. The Morgan fingerprint density at radius 3 is 2.73 bits per heavy atom. The van der Waals surface area contributed by atoms with E-state index in [-0.39, 0.29) is 17.4 Å². The second-order valence-electron chi connectivity index (χ2n) is 5.30. The minimum absolute atomic E-state index is 0.0122. The highest BCUT2D eigenvalue weighted by atomic mass is 19.3. The lowest BCUT2D eigenvalue weighted by Gasteiger charge is -2.24. The standard InChI is InChI=1S/C15H18F2N4O/c1-9-4-5-18-11(6-9)7-10(2)21(3)15(22)13-8-12(14(16)17)19-20-13/h4-6,8,10,14H,7H2,1-3H3,(H,19,20)/t10-/m1/s1. The fourth-order valence-corrected chi connectivity index (χ4v) is 2.09. The Balaban J connectivity index is 2.05. The van der Waals surface area contributed by atoms with Crippen LogP contribution in [0.2, 0.25) is 0 Å². The van der Waals surface area contributed by atoms with Crippen LogP contribution in [0.1, 0.15) is 40.8 Å². The van der Waals surface area contributed by atoms with Gasteiger partial charge in [-0.1, -0.05) is 0 Å². The van der Waals surface area contributed by atoms with Crippen molar-refractivity contribution in [2.45, 2.75) is 32.7 Å². The minimum atomic E-state index is -2.67. The van der Waals surface area contributed by atoms with E-state index in [1.165, 1.54) is 4.90 Å². The first kappa shape index (κ1) is 16.1. The highest BCUT2D eigenvalue weighted by molar-refractivity contribution is 5.92. The number of hydrogen-bond donors (Lipinski definition) is 1. The number of nitrogens with zero attached hydrogens (tertiary/aromatic N) is 3. The fourth-order valence-electron chi connectivity index (χ4n) is 2.09. The Morgan fingerprint density at radius 2 is 2.14 bits per heavy atom. The second kappa shape index (κ2) is 6.64. The molecule has 0 radical (unpaired) electrons. The van der Waals surface area contributed by atoms with Crippen molar-refractivity contribution in [1.29, 1.82) is 0 Å². The number of alkyl halides is 2. The third kappa shape index (κ3) is 3.66. The van der Waals surface area contributed by atoms with Crippen molar-refractivity contribution in [2.24, 2.45) is 0 Å². The van der Waals surface area contributed by atoms with E-state index in [1.807, 2.05) is 26.0 Å². The van der Waals surface area contributed by atoms with Gasteiger partial charge in [-0.25, -0.2) is 8.78 Å². The number of carbonyl (C=O) groups excluding carboxylic acids is 1. The molecular weight excluding hydrogens is 290 g/mol. The lowest BCUT2D eigenvalue weighted by Crippen LogP contribution is -2.36. The molecule has 1 N–H and O–H groups in total. The minimum Gasteiger partial charge on any atom is -0.337 e. The molecule has 7 heteroatoms. The van der Waals surface area contributed by atoms with Crippen LogP contribution in [0.25, 0.3) is 0 Å². The predicted octanol–water partition coefficient (Wildman–Crippen LogP) is 2.75. The number of pyridine rings is 1. The van der Waals surface area contributed by atoms with Crippen molar-refractivity contribution >= 4 is 5.91 Å². The summed E-state index contributed by atoms with van der Waals surface area (Å²) in [5.41, 5.74) is 1.61. The van der Waals surface area contributed by atoms with Crippen LogP contribution in [0, 0.1) is 6.92 Å². The first-order chi connectivity index (χ1) is 10.4. The van der Waals surface area contributed by atoms with E-state index in [2.05, 4.69) is 15.2 Å². The van der Waals surface area contributed by atoms with E-state index in [4.69, 9.17) is 0 Å². The van der Waals surface area contributed by atoms with Crippen molar-refractivity contribution < 1.29 is 13.6 Å². The topological polar surface area (TPSA) is 61.9 Å². The van der Waals surface area contributed by atoms with Crippen molar-refractivity contribution in [1.82, 2.24) is 20.1 Å². The first-order valence-electron chi connectivity index (χ1n) is 6.90. The summed E-state index contributed by atoms with van der Waals surface area (Å²) in [5, 5.41) is 5.83. The lowest BCUT2D eigenvalue weighted by atomic mass is 10.1. The molecule has 22 heavy (non-hydrogen) atoms. The van der Waals surface area contributed by atoms with Crippen LogP contribution in [0.5, 0.6) is 0 Å². The van der Waals surface area contributed by atoms with Gasteiger partial charge in [-0.3, -0.25) is 14.9 Å². The summed E-state index contributed by atoms with van der Waals surface area (Å²) in [6.45, 7) is 3.85. The van der Waals surface area contributed by atoms with Crippen LogP contribution < -0.4 is 0 Å². The number of aromatic nitrogens is 3. The third-order valence-corrected chi connectivity index (χ3v) is 3.51. The molecule has 0 aliphatic carbocycles. The van der Waals surface area contributed by atoms with Gasteiger partial charge in [0.2, 0.25) is 0 Å². The molecule has 1 atom stereocenters. The van der Waals surface area contributed by atoms with Crippen LogP contribution in [-0.4, -0.2) is 39.1 Å². The maximum atomic E-state index is 12.5. The monoisotopic (exact) mass is 308 g/mol. The van der Waals surface area contributed by atoms with E-state index >= 15 is 0 Å². The van der Waals surface area contributed by atoms with Gasteiger partial charge < -0.3 is 4.90 Å². The summed E-state index contributed by atoms with van der Waals surface area (Å²) in [5.74, 6) is -0.400. The van der Waals surface area contributed by atoms with Gasteiger partial charge in [0.05, 0.1) is 0 Å². The molecule has 0 bridgehead atoms. The van der Waals surface area contributed by atoms with Crippen LogP contribution in [0.3, 0.4) is 0 Å². The van der Waals surface area contributed by atoms with Gasteiger partial charge in [0.15, 0.2) is 5.69 Å². The van der Waals surface area contributed by atoms with Crippen molar-refractivity contribution in [2.75, 3.05) is 7.05 Å². The molecule has 0 saturated heterocycles. The summed E-state index contributed by atoms with van der Waals surface area (Å²) in [6.07, 6.45) is -0.369. The van der Waals surface area contributed by atoms with Gasteiger partial charge in [0.25, 0.3) is 12.3 Å². The number of aryl methyl sites for hydroxylation is 1. The molecule has 0 spiro atoms. The summed E-state index contributed by atoms with van der Waals surface area (Å²) in [4.78, 5) is 18.0. The lowest BCUT2D eigenvalue weighted by molar-refractivity contribution is 0.0737. The van der Waals surface area contributed by atoms with Crippen LogP contribution in [0.4, 0.5) is 8.78 Å². The number of likely N-dealkylation sites (N-methyl/N-ethyl adjacent to an activating group) is 1. The molecule has 1 amide bonds. The largest absolute Gasteiger partial charge is 0.337 e. The molecule has 0 aromatic carbocycles. The molecule has 5 nitrogen and oxygen atoms in total. The number of halogens is 2. The van der Waals surface area contributed by atoms with Gasteiger partial charge >= 0.3 is 0 Å². The summed E-state index contributed by atoms with van der Waals surface area (Å²) < 4.78 is 25.0. The van der Waals surface area contributed by atoms with E-state index < -0.39 is 12.3 Å². The second-order valence-corrected chi connectivity index (χ2v) is 5.30. The molecule has 2 aromatic rings. The van der Waals surface area contributed by atoms with Crippen molar-refractivity contribution in [3.8, 4) is 0 Å². The highest BCUT2D eigenvalue weighted by Gasteiger charge is 2.22. The maximum absolute atomic E-state index is 12.5. The summed E-state index contributed by atoms with van der Waals surface area (Å²) in [6, 6.07) is 4.81. The molecule has 0 unspecified atom stereocenters. The Morgan fingerprint density at radius 1 is 1.41 bits per heavy atom. The van der Waals surface area contributed by atoms with Crippen LogP contribution in [-0.2, 0) is 6.42 Å². The molecular formula is C15H18F2N4O. The normalized spacial score (nSPS) is 12.5. The van der Waals surface area contributed by atoms with Crippen molar-refractivity contribution in [3.05, 3.63) is 47.0 Å². The summed E-state index contributed by atoms with van der Waals surface area (Å²) in [7, 11) is 1.62. The van der Waals surface area contributed by atoms with E-state index in [0.29, 0.717) is 6.42 Å². The maximum Gasteiger partial charge on any atom is 0.279 e. The molecule has 2 rings (SSSR count). The zero-order valence-electron chi connectivity index (χ0n) is 12.7. The summed E-state index contributed by atoms with van der Waals surface area (Å²) >= 11 is 0. The van der Waals surface area contributed by atoms with E-state index in [9.17, 15) is 13.6 Å². The highest BCUT2D eigenvalue weighted by Crippen LogP contribution is 2.18. The smallest absolute Gasteiger partial charge is 0.279 e. The van der Waals surface area contributed by atoms with Gasteiger partial charge in [0, 0.05) is 31.4 Å².